The van der Waals surface area contributed by atoms with Gasteiger partial charge in [-0.3, -0.25) is 4.79 Å². The average Bonchev–Trinajstić information content (AvgIpc) is 2.62. The van der Waals surface area contributed by atoms with Crippen LogP contribution < -0.4 is 5.73 Å². The highest BCUT2D eigenvalue weighted by molar-refractivity contribution is 5.79. The minimum Gasteiger partial charge on any atom is -0.339 e. The van der Waals surface area contributed by atoms with E-state index in [2.05, 4.69) is 4.90 Å². The number of hydrogen-bond donors (Lipinski definition) is 1. The normalized spacial score (nSPS) is 47.4. The zero-order valence-corrected chi connectivity index (χ0v) is 12.5. The molecule has 5 aliphatic rings. The molecule has 0 aromatic carbocycles. The highest BCUT2D eigenvalue weighted by atomic mass is 16.2. The van der Waals surface area contributed by atoms with Crippen molar-refractivity contribution < 1.29 is 4.79 Å². The number of nitrogens with two attached hydrogens (primary N) is 1. The Morgan fingerprint density at radius 2 is 1.60 bits per heavy atom. The van der Waals surface area contributed by atoms with Crippen LogP contribution in [0.2, 0.25) is 0 Å². The minimum absolute atomic E-state index is 0.231. The molecule has 5 rings (SSSR count). The summed E-state index contributed by atoms with van der Waals surface area (Å²) in [5, 5.41) is 0. The third kappa shape index (κ3) is 2.28. The Labute approximate surface area is 122 Å². The summed E-state index contributed by atoms with van der Waals surface area (Å²) in [4.78, 5) is 15.3. The molecule has 2 heterocycles. The number of fused-ring (bicyclic) bond motifs is 1. The Bertz CT molecular complexity index is 382. The van der Waals surface area contributed by atoms with Crippen LogP contribution in [0.15, 0.2) is 0 Å². The first-order valence-electron chi connectivity index (χ1n) is 8.75. The van der Waals surface area contributed by atoms with E-state index < -0.39 is 0 Å². The van der Waals surface area contributed by atoms with Crippen LogP contribution >= 0.6 is 0 Å². The maximum atomic E-state index is 13.0. The fraction of sp³-hybridized carbons (Fsp3) is 0.941. The summed E-state index contributed by atoms with van der Waals surface area (Å²) in [7, 11) is 0. The summed E-state index contributed by atoms with van der Waals surface area (Å²) < 4.78 is 0. The van der Waals surface area contributed by atoms with Crippen LogP contribution in [0.1, 0.15) is 57.8 Å². The predicted molar refractivity (Wildman–Crippen MR) is 79.0 cm³/mol. The van der Waals surface area contributed by atoms with Gasteiger partial charge in [0.1, 0.15) is 0 Å². The van der Waals surface area contributed by atoms with Crippen LogP contribution in [0.25, 0.3) is 0 Å². The van der Waals surface area contributed by atoms with E-state index in [-0.39, 0.29) is 12.0 Å². The van der Waals surface area contributed by atoms with Gasteiger partial charge >= 0.3 is 0 Å². The monoisotopic (exact) mass is 276 g/mol. The first-order valence-corrected chi connectivity index (χ1v) is 8.75. The van der Waals surface area contributed by atoms with Crippen LogP contribution in [0.3, 0.4) is 0 Å². The van der Waals surface area contributed by atoms with Gasteiger partial charge in [0.15, 0.2) is 0 Å². The van der Waals surface area contributed by atoms with Crippen LogP contribution in [0.5, 0.6) is 0 Å². The Hall–Kier alpha value is -0.570. The highest BCUT2D eigenvalue weighted by Gasteiger charge is 2.45. The molecule has 0 aromatic rings. The number of rotatable bonds is 1. The lowest BCUT2D eigenvalue weighted by Gasteiger charge is -2.40. The summed E-state index contributed by atoms with van der Waals surface area (Å²) in [6.45, 7) is 1.06. The van der Waals surface area contributed by atoms with E-state index in [9.17, 15) is 4.79 Å². The van der Waals surface area contributed by atoms with Crippen molar-refractivity contribution >= 4 is 5.91 Å². The summed E-state index contributed by atoms with van der Waals surface area (Å²) in [6.07, 6.45) is 11.1. The smallest absolute Gasteiger partial charge is 0.225 e. The zero-order valence-electron chi connectivity index (χ0n) is 12.5. The molecule has 0 aromatic heterocycles. The Kier molecular flexibility index (Phi) is 3.29. The average molecular weight is 276 g/mol. The number of hydrogen-bond acceptors (Lipinski definition) is 2. The SMILES string of the molecule is NC1CCCC(C(=O)N2CC3CC4CC(C3)CC2C4)C1. The van der Waals surface area contributed by atoms with Crippen molar-refractivity contribution in [2.45, 2.75) is 69.9 Å². The van der Waals surface area contributed by atoms with Gasteiger partial charge in [0.25, 0.3) is 0 Å². The Balaban J connectivity index is 1.51. The van der Waals surface area contributed by atoms with Gasteiger partial charge < -0.3 is 10.6 Å². The summed E-state index contributed by atoms with van der Waals surface area (Å²) in [5.74, 6) is 3.33. The van der Waals surface area contributed by atoms with Crippen molar-refractivity contribution in [2.75, 3.05) is 6.54 Å². The van der Waals surface area contributed by atoms with E-state index in [0.717, 1.165) is 50.0 Å². The van der Waals surface area contributed by atoms with Crippen LogP contribution in [0, 0.1) is 23.7 Å². The lowest BCUT2D eigenvalue weighted by Crippen LogP contribution is -2.46. The molecule has 0 radical (unpaired) electrons. The molecule has 4 unspecified atom stereocenters. The lowest BCUT2D eigenvalue weighted by molar-refractivity contribution is -0.139. The molecule has 3 heteroatoms. The van der Waals surface area contributed by atoms with Gasteiger partial charge in [-0.25, -0.2) is 0 Å². The molecule has 0 spiro atoms. The molecule has 4 bridgehead atoms. The van der Waals surface area contributed by atoms with E-state index >= 15 is 0 Å². The fourth-order valence-corrected chi connectivity index (χ4v) is 5.74. The summed E-state index contributed by atoms with van der Waals surface area (Å²) >= 11 is 0. The van der Waals surface area contributed by atoms with E-state index in [1.165, 1.54) is 32.1 Å². The van der Waals surface area contributed by atoms with Crippen LogP contribution in [-0.4, -0.2) is 29.4 Å². The van der Waals surface area contributed by atoms with E-state index in [0.29, 0.717) is 11.9 Å². The number of nitrogens with zero attached hydrogens (tertiary/aromatic N) is 1. The molecular weight excluding hydrogens is 248 g/mol. The first-order chi connectivity index (χ1) is 9.69. The molecule has 3 saturated carbocycles. The second-order valence-electron chi connectivity index (χ2n) is 8.04. The quantitative estimate of drug-likeness (QED) is 0.800. The molecule has 5 fully saturated rings. The standard InChI is InChI=1S/C17H28N2O/c18-15-3-1-2-14(9-15)17(20)19-10-13-5-11-4-12(6-13)8-16(19)7-11/h11-16H,1-10,18H2. The molecule has 2 saturated heterocycles. The van der Waals surface area contributed by atoms with Crippen molar-refractivity contribution in [3.8, 4) is 0 Å². The van der Waals surface area contributed by atoms with Crippen molar-refractivity contribution in [1.29, 1.82) is 0 Å². The number of carbonyl (C=O) groups is 1. The van der Waals surface area contributed by atoms with Gasteiger partial charge in [0.2, 0.25) is 5.91 Å². The summed E-state index contributed by atoms with van der Waals surface area (Å²) in [5.41, 5.74) is 6.09. The molecule has 3 aliphatic carbocycles. The minimum atomic E-state index is 0.231. The molecule has 2 N–H and O–H groups in total. The molecule has 20 heavy (non-hydrogen) atoms. The largest absolute Gasteiger partial charge is 0.339 e. The zero-order chi connectivity index (χ0) is 13.7. The van der Waals surface area contributed by atoms with Gasteiger partial charge in [-0.15, -0.1) is 0 Å². The number of carbonyl (C=O) groups excluding carboxylic acids is 1. The molecule has 112 valence electrons. The van der Waals surface area contributed by atoms with Gasteiger partial charge in [-0.1, -0.05) is 6.42 Å². The third-order valence-electron chi connectivity index (χ3n) is 6.45. The van der Waals surface area contributed by atoms with Gasteiger partial charge in [0.05, 0.1) is 0 Å². The molecular formula is C17H28N2O. The van der Waals surface area contributed by atoms with Gasteiger partial charge in [-0.2, -0.15) is 0 Å². The maximum absolute atomic E-state index is 13.0. The van der Waals surface area contributed by atoms with Crippen molar-refractivity contribution in [3.63, 3.8) is 0 Å². The molecule has 2 aliphatic heterocycles. The maximum Gasteiger partial charge on any atom is 0.225 e. The summed E-state index contributed by atoms with van der Waals surface area (Å²) in [6, 6.07) is 0.828. The van der Waals surface area contributed by atoms with E-state index in [4.69, 9.17) is 5.73 Å². The van der Waals surface area contributed by atoms with Crippen molar-refractivity contribution in [1.82, 2.24) is 4.90 Å². The lowest BCUT2D eigenvalue weighted by atomic mass is 9.68. The first kappa shape index (κ1) is 13.1. The van der Waals surface area contributed by atoms with Crippen LogP contribution in [-0.2, 0) is 4.79 Å². The van der Waals surface area contributed by atoms with Crippen molar-refractivity contribution in [2.24, 2.45) is 29.4 Å². The topological polar surface area (TPSA) is 46.3 Å². The van der Waals surface area contributed by atoms with Crippen molar-refractivity contribution in [3.05, 3.63) is 0 Å². The van der Waals surface area contributed by atoms with Gasteiger partial charge in [0, 0.05) is 24.5 Å². The second kappa shape index (κ2) is 5.01. The Morgan fingerprint density at radius 1 is 0.900 bits per heavy atom. The third-order valence-corrected chi connectivity index (χ3v) is 6.45. The fourth-order valence-electron chi connectivity index (χ4n) is 5.74. The predicted octanol–water partition coefficient (Wildman–Crippen LogP) is 2.54. The Morgan fingerprint density at radius 3 is 2.30 bits per heavy atom. The highest BCUT2D eigenvalue weighted by Crippen LogP contribution is 2.48. The van der Waals surface area contributed by atoms with E-state index in [1.54, 1.807) is 0 Å². The molecule has 1 amide bonds. The second-order valence-corrected chi connectivity index (χ2v) is 8.04. The van der Waals surface area contributed by atoms with E-state index in [1.807, 2.05) is 0 Å². The number of amides is 1. The van der Waals surface area contributed by atoms with Gasteiger partial charge in [-0.05, 0) is 69.1 Å². The molecule has 3 nitrogen and oxygen atoms in total. The molecule has 4 atom stereocenters. The van der Waals surface area contributed by atoms with Crippen LogP contribution in [0.4, 0.5) is 0 Å².